The minimum absolute atomic E-state index is 0.110. The lowest BCUT2D eigenvalue weighted by molar-refractivity contribution is -0.115. The van der Waals surface area contributed by atoms with Crippen LogP contribution < -0.4 is 5.32 Å². The second kappa shape index (κ2) is 7.76. The van der Waals surface area contributed by atoms with Crippen molar-refractivity contribution in [2.24, 2.45) is 4.99 Å². The molecule has 4 rings (SSSR count). The summed E-state index contributed by atoms with van der Waals surface area (Å²) in [6.07, 6.45) is 1.95. The maximum absolute atomic E-state index is 12.5. The Hall–Kier alpha value is -3.05. The van der Waals surface area contributed by atoms with E-state index < -0.39 is 0 Å². The molecule has 2 aromatic carbocycles. The lowest BCUT2D eigenvalue weighted by Crippen LogP contribution is -2.19. The van der Waals surface area contributed by atoms with Crippen molar-refractivity contribution in [2.45, 2.75) is 27.7 Å². The number of carbonyl (C=O) groups is 1. The summed E-state index contributed by atoms with van der Waals surface area (Å²) in [4.78, 5) is 17.6. The molecule has 1 saturated heterocycles. The van der Waals surface area contributed by atoms with Gasteiger partial charge in [-0.1, -0.05) is 24.3 Å². The summed E-state index contributed by atoms with van der Waals surface area (Å²) >= 11 is 1.37. The number of amidine groups is 1. The number of nitrogens with one attached hydrogen (secondary N) is 1. The first-order valence-corrected chi connectivity index (χ1v) is 10.3. The van der Waals surface area contributed by atoms with E-state index in [2.05, 4.69) is 66.8 Å². The van der Waals surface area contributed by atoms with Gasteiger partial charge in [0.05, 0.1) is 10.6 Å². The van der Waals surface area contributed by atoms with E-state index in [0.29, 0.717) is 10.1 Å². The Morgan fingerprint density at radius 3 is 2.34 bits per heavy atom. The van der Waals surface area contributed by atoms with Crippen LogP contribution in [0.1, 0.15) is 28.1 Å². The van der Waals surface area contributed by atoms with Crippen molar-refractivity contribution in [1.29, 1.82) is 0 Å². The van der Waals surface area contributed by atoms with Crippen molar-refractivity contribution >= 4 is 34.6 Å². The van der Waals surface area contributed by atoms with E-state index in [1.165, 1.54) is 22.9 Å². The highest BCUT2D eigenvalue weighted by Gasteiger charge is 2.24. The summed E-state index contributed by atoms with van der Waals surface area (Å²) in [5.74, 6) is -0.110. The first kappa shape index (κ1) is 19.3. The van der Waals surface area contributed by atoms with E-state index in [9.17, 15) is 4.79 Å². The van der Waals surface area contributed by atoms with Gasteiger partial charge in [0.2, 0.25) is 0 Å². The summed E-state index contributed by atoms with van der Waals surface area (Å²) in [5.41, 5.74) is 7.74. The molecule has 2 heterocycles. The van der Waals surface area contributed by atoms with E-state index >= 15 is 0 Å². The Kier molecular flexibility index (Phi) is 5.16. The Balaban J connectivity index is 1.67. The van der Waals surface area contributed by atoms with Crippen LogP contribution in [0.25, 0.3) is 11.8 Å². The van der Waals surface area contributed by atoms with Gasteiger partial charge >= 0.3 is 0 Å². The van der Waals surface area contributed by atoms with Crippen LogP contribution in [-0.2, 0) is 4.79 Å². The summed E-state index contributed by atoms with van der Waals surface area (Å²) < 4.78 is 2.24. The highest BCUT2D eigenvalue weighted by Crippen LogP contribution is 2.30. The van der Waals surface area contributed by atoms with Crippen LogP contribution >= 0.6 is 11.8 Å². The molecular formula is C24H23N3OS. The van der Waals surface area contributed by atoms with Gasteiger partial charge in [-0.2, -0.15) is 0 Å². The van der Waals surface area contributed by atoms with Gasteiger partial charge < -0.3 is 9.88 Å². The number of benzene rings is 2. The Bertz CT molecular complexity index is 1140. The number of aliphatic imine (C=N–C) groups is 1. The van der Waals surface area contributed by atoms with Crippen LogP contribution in [-0.4, -0.2) is 15.6 Å². The van der Waals surface area contributed by atoms with E-state index in [4.69, 9.17) is 0 Å². The summed E-state index contributed by atoms with van der Waals surface area (Å²) in [5, 5.41) is 3.47. The Morgan fingerprint density at radius 1 is 0.966 bits per heavy atom. The predicted octanol–water partition coefficient (Wildman–Crippen LogP) is 5.60. The standard InChI is InChI=1S/C24H23N3OS/c1-15-10-16(2)12-21(11-15)27-17(3)13-19(18(27)4)14-22-23(28)26-24(29-22)25-20-8-6-5-7-9-20/h5-14H,1-4H3,(H,25,26,28)/b22-14-. The molecule has 1 fully saturated rings. The highest BCUT2D eigenvalue weighted by molar-refractivity contribution is 8.18. The average Bonchev–Trinajstić information content (AvgIpc) is 3.14. The molecule has 0 radical (unpaired) electrons. The predicted molar refractivity (Wildman–Crippen MR) is 122 cm³/mol. The SMILES string of the molecule is Cc1cc(C)cc(-n2c(C)cc(/C=C3\SC(=Nc4ccccc4)NC3=O)c2C)c1. The number of carbonyl (C=O) groups excluding carboxylic acids is 1. The Labute approximate surface area is 175 Å². The average molecular weight is 402 g/mol. The van der Waals surface area contributed by atoms with Crippen molar-refractivity contribution in [3.05, 3.63) is 87.6 Å². The van der Waals surface area contributed by atoms with Crippen LogP contribution in [0.5, 0.6) is 0 Å². The Morgan fingerprint density at radius 2 is 1.66 bits per heavy atom. The maximum Gasteiger partial charge on any atom is 0.264 e. The van der Waals surface area contributed by atoms with Gasteiger partial charge in [0.25, 0.3) is 5.91 Å². The van der Waals surface area contributed by atoms with Gasteiger partial charge in [0.15, 0.2) is 5.17 Å². The highest BCUT2D eigenvalue weighted by atomic mass is 32.2. The van der Waals surface area contributed by atoms with Crippen LogP contribution in [0.4, 0.5) is 5.69 Å². The number of amides is 1. The fraction of sp³-hybridized carbons (Fsp3) is 0.167. The molecule has 5 heteroatoms. The molecular weight excluding hydrogens is 378 g/mol. The molecule has 0 saturated carbocycles. The molecule has 0 spiro atoms. The van der Waals surface area contributed by atoms with Crippen LogP contribution in [0.3, 0.4) is 0 Å². The smallest absolute Gasteiger partial charge is 0.264 e. The largest absolute Gasteiger partial charge is 0.318 e. The molecule has 0 unspecified atom stereocenters. The van der Waals surface area contributed by atoms with E-state index in [1.807, 2.05) is 36.4 Å². The van der Waals surface area contributed by atoms with E-state index in [0.717, 1.165) is 28.3 Å². The van der Waals surface area contributed by atoms with Crippen molar-refractivity contribution in [3.63, 3.8) is 0 Å². The molecule has 1 amide bonds. The number of rotatable bonds is 3. The first-order valence-electron chi connectivity index (χ1n) is 9.53. The lowest BCUT2D eigenvalue weighted by Gasteiger charge is -2.12. The van der Waals surface area contributed by atoms with Crippen molar-refractivity contribution in [3.8, 4) is 5.69 Å². The second-order valence-corrected chi connectivity index (χ2v) is 8.36. The monoisotopic (exact) mass is 401 g/mol. The molecule has 0 aliphatic carbocycles. The number of thioether (sulfide) groups is 1. The number of para-hydroxylation sites is 1. The zero-order valence-electron chi connectivity index (χ0n) is 17.0. The third-order valence-electron chi connectivity index (χ3n) is 4.86. The third-order valence-corrected chi connectivity index (χ3v) is 5.77. The molecule has 1 N–H and O–H groups in total. The molecule has 146 valence electrons. The van der Waals surface area contributed by atoms with Gasteiger partial charge in [-0.25, -0.2) is 4.99 Å². The van der Waals surface area contributed by atoms with Gasteiger partial charge in [0, 0.05) is 17.1 Å². The number of aromatic nitrogens is 1. The minimum atomic E-state index is -0.110. The van der Waals surface area contributed by atoms with Crippen LogP contribution in [0.2, 0.25) is 0 Å². The normalized spacial score (nSPS) is 16.6. The zero-order valence-corrected chi connectivity index (χ0v) is 17.8. The van der Waals surface area contributed by atoms with E-state index in [-0.39, 0.29) is 5.91 Å². The molecule has 1 aromatic heterocycles. The molecule has 29 heavy (non-hydrogen) atoms. The molecule has 1 aliphatic rings. The first-order chi connectivity index (χ1) is 13.9. The van der Waals surface area contributed by atoms with Gasteiger partial charge in [-0.15, -0.1) is 0 Å². The molecule has 1 aliphatic heterocycles. The third kappa shape index (κ3) is 4.05. The fourth-order valence-electron chi connectivity index (χ4n) is 3.65. The number of hydrogen-bond donors (Lipinski definition) is 1. The van der Waals surface area contributed by atoms with Gasteiger partial charge in [-0.05, 0) is 92.6 Å². The maximum atomic E-state index is 12.5. The van der Waals surface area contributed by atoms with Gasteiger partial charge in [-0.3, -0.25) is 4.79 Å². The van der Waals surface area contributed by atoms with Crippen LogP contribution in [0.15, 0.2) is 64.5 Å². The fourth-order valence-corrected chi connectivity index (χ4v) is 4.49. The lowest BCUT2D eigenvalue weighted by atomic mass is 10.1. The van der Waals surface area contributed by atoms with Crippen LogP contribution in [0, 0.1) is 27.7 Å². The second-order valence-electron chi connectivity index (χ2n) is 7.33. The molecule has 4 nitrogen and oxygen atoms in total. The van der Waals surface area contributed by atoms with Crippen molar-refractivity contribution in [1.82, 2.24) is 9.88 Å². The van der Waals surface area contributed by atoms with E-state index in [1.54, 1.807) is 0 Å². The number of aryl methyl sites for hydroxylation is 3. The van der Waals surface area contributed by atoms with Gasteiger partial charge in [0.1, 0.15) is 0 Å². The quantitative estimate of drug-likeness (QED) is 0.581. The number of nitrogens with zero attached hydrogens (tertiary/aromatic N) is 2. The molecule has 0 bridgehead atoms. The molecule has 3 aromatic rings. The summed E-state index contributed by atoms with van der Waals surface area (Å²) in [6.45, 7) is 8.41. The molecule has 0 atom stereocenters. The topological polar surface area (TPSA) is 46.4 Å². The summed E-state index contributed by atoms with van der Waals surface area (Å²) in [7, 11) is 0. The van der Waals surface area contributed by atoms with Crippen molar-refractivity contribution < 1.29 is 4.79 Å². The van der Waals surface area contributed by atoms with Crippen molar-refractivity contribution in [2.75, 3.05) is 0 Å². The summed E-state index contributed by atoms with van der Waals surface area (Å²) in [6, 6.07) is 18.3. The zero-order chi connectivity index (χ0) is 20.5. The minimum Gasteiger partial charge on any atom is -0.318 e. The number of hydrogen-bond acceptors (Lipinski definition) is 3.